The molecule has 0 amide bonds. The summed E-state index contributed by atoms with van der Waals surface area (Å²) in [6.45, 7) is 0. The van der Waals surface area contributed by atoms with Gasteiger partial charge < -0.3 is 9.78 Å². The van der Waals surface area contributed by atoms with E-state index in [2.05, 4.69) is 9.97 Å². The molecule has 0 aliphatic carbocycles. The van der Waals surface area contributed by atoms with Gasteiger partial charge in [0.2, 0.25) is 0 Å². The maximum atomic E-state index is 11.0. The second-order valence-electron chi connectivity index (χ2n) is 3.14. The maximum absolute atomic E-state index is 11.0. The summed E-state index contributed by atoms with van der Waals surface area (Å²) in [5.41, 5.74) is 0.879. The molecule has 1 heterocycles. The smallest absolute Gasteiger partial charge is 0.135 e. The summed E-state index contributed by atoms with van der Waals surface area (Å²) in [5.74, 6) is 0.296. The van der Waals surface area contributed by atoms with Crippen LogP contribution in [0.1, 0.15) is 17.3 Å². The van der Waals surface area contributed by atoms with E-state index in [0.29, 0.717) is 10.8 Å². The highest BCUT2D eigenvalue weighted by Gasteiger charge is 2.14. The molecule has 15 heavy (non-hydrogen) atoms. The second-order valence-corrected chi connectivity index (χ2v) is 3.58. The van der Waals surface area contributed by atoms with Gasteiger partial charge in [0.25, 0.3) is 0 Å². The van der Waals surface area contributed by atoms with Gasteiger partial charge in [-0.15, -0.1) is 0 Å². The lowest BCUT2D eigenvalue weighted by atomic mass is 10.0. The maximum Gasteiger partial charge on any atom is 0.135 e. The summed E-state index contributed by atoms with van der Waals surface area (Å²) in [7, 11) is 0. The van der Waals surface area contributed by atoms with Crippen LogP contribution in [0.15, 0.2) is 36.7 Å². The number of hydrogen-bond acceptors (Lipinski definition) is 2. The first-order valence-electron chi connectivity index (χ1n) is 4.51. The molecular formula is C11H9ClN2O. The molecule has 4 heteroatoms. The molecule has 1 atom stereocenters. The van der Waals surface area contributed by atoms with Crippen molar-refractivity contribution < 1.29 is 4.79 Å². The van der Waals surface area contributed by atoms with Crippen molar-refractivity contribution in [1.29, 1.82) is 0 Å². The van der Waals surface area contributed by atoms with Gasteiger partial charge in [-0.1, -0.05) is 23.7 Å². The van der Waals surface area contributed by atoms with E-state index in [1.807, 2.05) is 12.1 Å². The number of rotatable bonds is 3. The molecule has 3 nitrogen and oxygen atoms in total. The lowest BCUT2D eigenvalue weighted by Crippen LogP contribution is -2.04. The molecule has 0 aliphatic heterocycles. The van der Waals surface area contributed by atoms with E-state index < -0.39 is 0 Å². The Morgan fingerprint density at radius 1 is 1.33 bits per heavy atom. The van der Waals surface area contributed by atoms with E-state index in [1.165, 1.54) is 0 Å². The number of nitrogens with one attached hydrogen (secondary N) is 1. The molecule has 1 aromatic heterocycles. The van der Waals surface area contributed by atoms with Gasteiger partial charge in [-0.25, -0.2) is 4.98 Å². The lowest BCUT2D eigenvalue weighted by Gasteiger charge is -2.07. The third-order valence-corrected chi connectivity index (χ3v) is 2.43. The van der Waals surface area contributed by atoms with Crippen LogP contribution in [0.25, 0.3) is 0 Å². The summed E-state index contributed by atoms with van der Waals surface area (Å²) in [4.78, 5) is 18.0. The summed E-state index contributed by atoms with van der Waals surface area (Å²) >= 11 is 5.77. The van der Waals surface area contributed by atoms with Crippen molar-refractivity contribution in [1.82, 2.24) is 9.97 Å². The Morgan fingerprint density at radius 2 is 2.07 bits per heavy atom. The van der Waals surface area contributed by atoms with Gasteiger partial charge in [0.15, 0.2) is 0 Å². The fraction of sp³-hybridized carbons (Fsp3) is 0.0909. The highest BCUT2D eigenvalue weighted by molar-refractivity contribution is 6.30. The van der Waals surface area contributed by atoms with Gasteiger partial charge in [0.1, 0.15) is 12.1 Å². The minimum absolute atomic E-state index is 0.350. The van der Waals surface area contributed by atoms with E-state index in [0.717, 1.165) is 11.8 Å². The Balaban J connectivity index is 2.35. The molecule has 1 N–H and O–H groups in total. The molecule has 1 unspecified atom stereocenters. The Kier molecular flexibility index (Phi) is 2.83. The molecule has 0 saturated carbocycles. The van der Waals surface area contributed by atoms with Crippen LogP contribution in [-0.4, -0.2) is 16.3 Å². The van der Waals surface area contributed by atoms with E-state index in [4.69, 9.17) is 11.6 Å². The van der Waals surface area contributed by atoms with Crippen molar-refractivity contribution >= 4 is 17.9 Å². The van der Waals surface area contributed by atoms with E-state index >= 15 is 0 Å². The molecule has 0 fully saturated rings. The van der Waals surface area contributed by atoms with Gasteiger partial charge in [-0.3, -0.25) is 0 Å². The topological polar surface area (TPSA) is 45.8 Å². The molecule has 0 aliphatic rings. The number of carbonyl (C=O) groups is 1. The zero-order chi connectivity index (χ0) is 10.7. The molecule has 0 spiro atoms. The van der Waals surface area contributed by atoms with Crippen LogP contribution in [0, 0.1) is 0 Å². The van der Waals surface area contributed by atoms with Crippen LogP contribution in [0.3, 0.4) is 0 Å². The number of aromatic amines is 1. The van der Waals surface area contributed by atoms with Crippen molar-refractivity contribution in [3.8, 4) is 0 Å². The Morgan fingerprint density at radius 3 is 2.60 bits per heavy atom. The first kappa shape index (κ1) is 9.93. The second kappa shape index (κ2) is 4.28. The van der Waals surface area contributed by atoms with Crippen molar-refractivity contribution in [2.45, 2.75) is 5.92 Å². The van der Waals surface area contributed by atoms with E-state index in [9.17, 15) is 4.79 Å². The summed E-state index contributed by atoms with van der Waals surface area (Å²) in [6.07, 6.45) is 4.19. The highest BCUT2D eigenvalue weighted by Crippen LogP contribution is 2.21. The predicted molar refractivity (Wildman–Crippen MR) is 57.9 cm³/mol. The molecule has 1 aromatic carbocycles. The highest BCUT2D eigenvalue weighted by atomic mass is 35.5. The number of imidazole rings is 1. The molecular weight excluding hydrogens is 212 g/mol. The summed E-state index contributed by atoms with van der Waals surface area (Å²) < 4.78 is 0. The van der Waals surface area contributed by atoms with Crippen LogP contribution in [0.5, 0.6) is 0 Å². The number of halogens is 1. The van der Waals surface area contributed by atoms with Crippen LogP contribution in [0.2, 0.25) is 5.02 Å². The molecule has 0 bridgehead atoms. The van der Waals surface area contributed by atoms with Crippen molar-refractivity contribution in [2.24, 2.45) is 0 Å². The SMILES string of the molecule is O=CC(c1ccc(Cl)cc1)c1ncc[nH]1. The van der Waals surface area contributed by atoms with Gasteiger partial charge in [0, 0.05) is 17.4 Å². The number of H-pyrrole nitrogens is 1. The Hall–Kier alpha value is -1.61. The number of benzene rings is 1. The molecule has 2 rings (SSSR count). The zero-order valence-electron chi connectivity index (χ0n) is 7.85. The molecule has 0 radical (unpaired) electrons. The van der Waals surface area contributed by atoms with Crippen molar-refractivity contribution in [3.05, 3.63) is 53.1 Å². The molecule has 0 saturated heterocycles. The van der Waals surface area contributed by atoms with Gasteiger partial charge in [0.05, 0.1) is 5.92 Å². The third-order valence-electron chi connectivity index (χ3n) is 2.18. The predicted octanol–water partition coefficient (Wildman–Crippen LogP) is 2.39. The van der Waals surface area contributed by atoms with E-state index in [-0.39, 0.29) is 5.92 Å². The first-order chi connectivity index (χ1) is 7.31. The van der Waals surface area contributed by atoms with Gasteiger partial charge in [-0.2, -0.15) is 0 Å². The van der Waals surface area contributed by atoms with Crippen molar-refractivity contribution in [3.63, 3.8) is 0 Å². The van der Waals surface area contributed by atoms with E-state index in [1.54, 1.807) is 24.5 Å². The lowest BCUT2D eigenvalue weighted by molar-refractivity contribution is -0.108. The number of carbonyl (C=O) groups excluding carboxylic acids is 1. The van der Waals surface area contributed by atoms with Gasteiger partial charge in [-0.05, 0) is 17.7 Å². The fourth-order valence-electron chi connectivity index (χ4n) is 1.42. The van der Waals surface area contributed by atoms with Crippen molar-refractivity contribution in [2.75, 3.05) is 0 Å². The Bertz CT molecular complexity index is 436. The normalized spacial score (nSPS) is 12.3. The van der Waals surface area contributed by atoms with Crippen LogP contribution < -0.4 is 0 Å². The van der Waals surface area contributed by atoms with Crippen LogP contribution >= 0.6 is 11.6 Å². The fourth-order valence-corrected chi connectivity index (χ4v) is 1.54. The van der Waals surface area contributed by atoms with Gasteiger partial charge >= 0.3 is 0 Å². The summed E-state index contributed by atoms with van der Waals surface area (Å²) in [6, 6.07) is 7.17. The average molecular weight is 221 g/mol. The Labute approximate surface area is 92.1 Å². The summed E-state index contributed by atoms with van der Waals surface area (Å²) in [5, 5.41) is 0.655. The number of nitrogens with zero attached hydrogens (tertiary/aromatic N) is 1. The monoisotopic (exact) mass is 220 g/mol. The number of aromatic nitrogens is 2. The largest absolute Gasteiger partial charge is 0.348 e. The quantitative estimate of drug-likeness (QED) is 0.808. The first-order valence-corrected chi connectivity index (χ1v) is 4.89. The van der Waals surface area contributed by atoms with Crippen LogP contribution in [-0.2, 0) is 4.79 Å². The average Bonchev–Trinajstić information content (AvgIpc) is 2.75. The minimum atomic E-state index is -0.350. The minimum Gasteiger partial charge on any atom is -0.348 e. The molecule has 76 valence electrons. The number of hydrogen-bond donors (Lipinski definition) is 1. The number of aldehydes is 1. The standard InChI is InChI=1S/C11H9ClN2O/c12-9-3-1-8(2-4-9)10(7-15)11-13-5-6-14-11/h1-7,10H,(H,13,14). The zero-order valence-corrected chi connectivity index (χ0v) is 8.61. The van der Waals surface area contributed by atoms with Crippen LogP contribution in [0.4, 0.5) is 0 Å². The molecule has 2 aromatic rings. The third kappa shape index (κ3) is 2.07.